The lowest BCUT2D eigenvalue weighted by Gasteiger charge is -2.29. The molecule has 2 nitrogen and oxygen atoms in total. The molecule has 4 heteroatoms. The topological polar surface area (TPSA) is 29.3 Å². The first-order valence-corrected chi connectivity index (χ1v) is 3.43. The fraction of sp³-hybridized carbons (Fsp3) is 1.00. The van der Waals surface area contributed by atoms with Crippen molar-refractivity contribution in [3.8, 4) is 0 Å². The lowest BCUT2D eigenvalue weighted by molar-refractivity contribution is 0.0761. The van der Waals surface area contributed by atoms with Crippen LogP contribution in [-0.2, 0) is 0 Å². The van der Waals surface area contributed by atoms with Gasteiger partial charge in [0.15, 0.2) is 0 Å². The first-order valence-electron chi connectivity index (χ1n) is 3.43. The highest BCUT2D eigenvalue weighted by Gasteiger charge is 2.25. The highest BCUT2D eigenvalue weighted by molar-refractivity contribution is 4.77. The van der Waals surface area contributed by atoms with Gasteiger partial charge in [0.25, 0.3) is 0 Å². The van der Waals surface area contributed by atoms with Crippen LogP contribution in [0.4, 0.5) is 8.78 Å². The molecule has 1 saturated heterocycles. The van der Waals surface area contributed by atoms with E-state index in [9.17, 15) is 8.78 Å². The SMILES string of the molecule is NCN1CC(F)CC(F)C1. The van der Waals surface area contributed by atoms with Crippen molar-refractivity contribution in [2.75, 3.05) is 19.8 Å². The average Bonchev–Trinajstić information content (AvgIpc) is 1.85. The Balaban J connectivity index is 2.35. The maximum absolute atomic E-state index is 12.5. The van der Waals surface area contributed by atoms with E-state index in [2.05, 4.69) is 0 Å². The molecule has 0 amide bonds. The molecule has 0 radical (unpaired) electrons. The minimum absolute atomic E-state index is 0.0382. The number of alkyl halides is 2. The molecule has 10 heavy (non-hydrogen) atoms. The smallest absolute Gasteiger partial charge is 0.116 e. The number of rotatable bonds is 1. The summed E-state index contributed by atoms with van der Waals surface area (Å²) in [5.74, 6) is 0. The Morgan fingerprint density at radius 2 is 1.80 bits per heavy atom. The predicted molar refractivity (Wildman–Crippen MR) is 35.0 cm³/mol. The predicted octanol–water partition coefficient (Wildman–Crippen LogP) is 0.284. The van der Waals surface area contributed by atoms with Crippen molar-refractivity contribution < 1.29 is 8.78 Å². The molecule has 0 bridgehead atoms. The molecule has 2 N–H and O–H groups in total. The molecular weight excluding hydrogens is 138 g/mol. The summed E-state index contributed by atoms with van der Waals surface area (Å²) in [5, 5.41) is 0. The highest BCUT2D eigenvalue weighted by Crippen LogP contribution is 2.14. The first-order chi connectivity index (χ1) is 4.72. The van der Waals surface area contributed by atoms with Crippen LogP contribution in [0.5, 0.6) is 0 Å². The number of likely N-dealkylation sites (tertiary alicyclic amines) is 1. The van der Waals surface area contributed by atoms with E-state index < -0.39 is 12.3 Å². The molecule has 0 aromatic rings. The van der Waals surface area contributed by atoms with Gasteiger partial charge in [0.1, 0.15) is 12.3 Å². The Morgan fingerprint density at radius 1 is 1.30 bits per heavy atom. The van der Waals surface area contributed by atoms with Gasteiger partial charge in [0, 0.05) is 26.2 Å². The minimum atomic E-state index is -1.03. The van der Waals surface area contributed by atoms with Crippen LogP contribution in [0.2, 0.25) is 0 Å². The van der Waals surface area contributed by atoms with Crippen LogP contribution < -0.4 is 5.73 Å². The lowest BCUT2D eigenvalue weighted by atomic mass is 10.1. The average molecular weight is 150 g/mol. The number of hydrogen-bond donors (Lipinski definition) is 1. The monoisotopic (exact) mass is 150 g/mol. The van der Waals surface area contributed by atoms with Crippen molar-refractivity contribution in [1.82, 2.24) is 4.90 Å². The molecule has 0 saturated carbocycles. The van der Waals surface area contributed by atoms with E-state index in [-0.39, 0.29) is 26.2 Å². The summed E-state index contributed by atoms with van der Waals surface area (Å²) >= 11 is 0. The highest BCUT2D eigenvalue weighted by atomic mass is 19.1. The van der Waals surface area contributed by atoms with Gasteiger partial charge in [-0.05, 0) is 0 Å². The van der Waals surface area contributed by atoms with Crippen molar-refractivity contribution >= 4 is 0 Å². The van der Waals surface area contributed by atoms with Gasteiger partial charge in [-0.15, -0.1) is 0 Å². The summed E-state index contributed by atoms with van der Waals surface area (Å²) in [7, 11) is 0. The molecule has 60 valence electrons. The van der Waals surface area contributed by atoms with Crippen molar-refractivity contribution in [1.29, 1.82) is 0 Å². The Labute approximate surface area is 59.0 Å². The summed E-state index contributed by atoms with van der Waals surface area (Å²) in [4.78, 5) is 1.58. The molecule has 1 aliphatic rings. The Kier molecular flexibility index (Phi) is 2.56. The number of nitrogens with zero attached hydrogens (tertiary/aromatic N) is 1. The first kappa shape index (κ1) is 7.88. The van der Waals surface area contributed by atoms with E-state index in [0.717, 1.165) is 0 Å². The summed E-state index contributed by atoms with van der Waals surface area (Å²) < 4.78 is 25.1. The molecular formula is C6H12F2N2. The second-order valence-corrected chi connectivity index (χ2v) is 2.65. The molecule has 1 heterocycles. The van der Waals surface area contributed by atoms with Gasteiger partial charge in [-0.25, -0.2) is 8.78 Å². The third kappa shape index (κ3) is 1.88. The molecule has 2 atom stereocenters. The second-order valence-electron chi connectivity index (χ2n) is 2.65. The zero-order valence-electron chi connectivity index (χ0n) is 5.76. The standard InChI is InChI=1S/C6H12F2N2/c7-5-1-6(8)3-10(2-5)4-9/h5-6H,1-4,9H2. The fourth-order valence-corrected chi connectivity index (χ4v) is 1.21. The largest absolute Gasteiger partial charge is 0.318 e. The van der Waals surface area contributed by atoms with Gasteiger partial charge in [0.05, 0.1) is 0 Å². The van der Waals surface area contributed by atoms with Gasteiger partial charge >= 0.3 is 0 Å². The van der Waals surface area contributed by atoms with Crippen LogP contribution in [0.25, 0.3) is 0 Å². The van der Waals surface area contributed by atoms with Crippen molar-refractivity contribution in [2.45, 2.75) is 18.8 Å². The quantitative estimate of drug-likeness (QED) is 0.582. The molecule has 0 aromatic carbocycles. The molecule has 0 spiro atoms. The Hall–Kier alpha value is -0.220. The second kappa shape index (κ2) is 3.25. The molecule has 0 aliphatic carbocycles. The normalized spacial score (nSPS) is 36.3. The Morgan fingerprint density at radius 3 is 2.20 bits per heavy atom. The summed E-state index contributed by atoms with van der Waals surface area (Å²) in [5.41, 5.74) is 5.22. The van der Waals surface area contributed by atoms with Crippen LogP contribution in [-0.4, -0.2) is 37.0 Å². The molecule has 1 aliphatic heterocycles. The zero-order chi connectivity index (χ0) is 7.56. The van der Waals surface area contributed by atoms with E-state index >= 15 is 0 Å². The maximum atomic E-state index is 12.5. The molecule has 0 aromatic heterocycles. The van der Waals surface area contributed by atoms with E-state index in [1.807, 2.05) is 0 Å². The van der Waals surface area contributed by atoms with Crippen molar-refractivity contribution in [3.05, 3.63) is 0 Å². The van der Waals surface area contributed by atoms with Gasteiger partial charge in [-0.2, -0.15) is 0 Å². The third-order valence-electron chi connectivity index (χ3n) is 1.68. The molecule has 1 rings (SSSR count). The van der Waals surface area contributed by atoms with Crippen LogP contribution in [0, 0.1) is 0 Å². The van der Waals surface area contributed by atoms with Crippen molar-refractivity contribution in [2.24, 2.45) is 5.73 Å². The van der Waals surface area contributed by atoms with Crippen LogP contribution in [0.3, 0.4) is 0 Å². The van der Waals surface area contributed by atoms with Gasteiger partial charge < -0.3 is 5.73 Å². The molecule has 2 unspecified atom stereocenters. The third-order valence-corrected chi connectivity index (χ3v) is 1.68. The van der Waals surface area contributed by atoms with E-state index in [0.29, 0.717) is 0 Å². The van der Waals surface area contributed by atoms with E-state index in [1.54, 1.807) is 4.90 Å². The van der Waals surface area contributed by atoms with Gasteiger partial charge in [0.2, 0.25) is 0 Å². The van der Waals surface area contributed by atoms with Crippen LogP contribution in [0.15, 0.2) is 0 Å². The fourth-order valence-electron chi connectivity index (χ4n) is 1.21. The van der Waals surface area contributed by atoms with Crippen LogP contribution in [0.1, 0.15) is 6.42 Å². The Bertz CT molecular complexity index is 99.9. The maximum Gasteiger partial charge on any atom is 0.116 e. The van der Waals surface area contributed by atoms with Gasteiger partial charge in [-0.1, -0.05) is 0 Å². The number of halogens is 2. The number of hydrogen-bond acceptors (Lipinski definition) is 2. The van der Waals surface area contributed by atoms with E-state index in [4.69, 9.17) is 5.73 Å². The van der Waals surface area contributed by atoms with Crippen LogP contribution >= 0.6 is 0 Å². The zero-order valence-corrected chi connectivity index (χ0v) is 5.76. The minimum Gasteiger partial charge on any atom is -0.318 e. The van der Waals surface area contributed by atoms with Crippen molar-refractivity contribution in [3.63, 3.8) is 0 Å². The van der Waals surface area contributed by atoms with E-state index in [1.165, 1.54) is 0 Å². The summed E-state index contributed by atoms with van der Waals surface area (Å²) in [6.45, 7) is 0.828. The number of piperidine rings is 1. The molecule has 1 fully saturated rings. The van der Waals surface area contributed by atoms with Gasteiger partial charge in [-0.3, -0.25) is 4.90 Å². The summed E-state index contributed by atoms with van der Waals surface area (Å²) in [6.07, 6.45) is -2.03. The number of nitrogens with two attached hydrogens (primary N) is 1. The lowest BCUT2D eigenvalue weighted by Crippen LogP contribution is -2.45. The summed E-state index contributed by atoms with van der Waals surface area (Å²) in [6, 6.07) is 0.